The zero-order valence-electron chi connectivity index (χ0n) is 27.4. The average Bonchev–Trinajstić information content (AvgIpc) is 3.66. The quantitative estimate of drug-likeness (QED) is 0.142. The van der Waals surface area contributed by atoms with Gasteiger partial charge < -0.3 is 28.4 Å². The molecule has 2 atom stereocenters. The molecule has 1 fully saturated rings. The number of rotatable bonds is 15. The lowest BCUT2D eigenvalue weighted by Crippen LogP contribution is -2.30. The molecule has 0 N–H and O–H groups in total. The monoisotopic (exact) mass is 667 g/mol. The van der Waals surface area contributed by atoms with Crippen LogP contribution < -0.4 is 23.7 Å². The Labute approximate surface area is 275 Å². The number of nitrogens with zero attached hydrogens (tertiary/aromatic N) is 1. The summed E-state index contributed by atoms with van der Waals surface area (Å²) in [6.07, 6.45) is 3.46. The molecule has 2 amide bonds. The highest BCUT2D eigenvalue weighted by atomic mass is 32.2. The van der Waals surface area contributed by atoms with Gasteiger partial charge in [0.05, 0.1) is 57.9 Å². The highest BCUT2D eigenvalue weighted by Crippen LogP contribution is 2.48. The van der Waals surface area contributed by atoms with Crippen LogP contribution in [0.5, 0.6) is 28.7 Å². The van der Waals surface area contributed by atoms with E-state index < -0.39 is 15.9 Å². The van der Waals surface area contributed by atoms with Crippen molar-refractivity contribution < 1.29 is 46.4 Å². The molecule has 3 aromatic carbocycles. The number of sulfone groups is 1. The molecule has 252 valence electrons. The highest BCUT2D eigenvalue weighted by molar-refractivity contribution is 7.90. The predicted molar refractivity (Wildman–Crippen MR) is 174 cm³/mol. The molecule has 5 rings (SSSR count). The van der Waals surface area contributed by atoms with E-state index in [-0.39, 0.29) is 41.7 Å². The Morgan fingerprint density at radius 2 is 1.34 bits per heavy atom. The van der Waals surface area contributed by atoms with Crippen LogP contribution in [0.25, 0.3) is 0 Å². The fraction of sp³-hybridized carbons (Fsp3) is 0.429. The van der Waals surface area contributed by atoms with Gasteiger partial charge in [0.15, 0.2) is 32.8 Å². The highest BCUT2D eigenvalue weighted by Gasteiger charge is 2.35. The third kappa shape index (κ3) is 7.18. The van der Waals surface area contributed by atoms with Crippen molar-refractivity contribution in [3.05, 3.63) is 70.8 Å². The van der Waals surface area contributed by atoms with Crippen LogP contribution in [0.15, 0.2) is 53.4 Å². The van der Waals surface area contributed by atoms with Crippen LogP contribution in [0, 0.1) is 0 Å². The maximum atomic E-state index is 13.0. The first-order chi connectivity index (χ1) is 22.6. The minimum Gasteiger partial charge on any atom is -0.493 e. The van der Waals surface area contributed by atoms with E-state index in [9.17, 15) is 18.0 Å². The Kier molecular flexibility index (Phi) is 10.6. The average molecular weight is 668 g/mol. The molecule has 11 nitrogen and oxygen atoms in total. The molecular weight excluding hydrogens is 626 g/mol. The SMILES string of the molecule is CCCOc1c(OCCCCN2C(=O)c3ccccc3C2=O)cc([C@H]2CC[C@H](c3cc(OC)c(OC)c(OC)c3)O2)cc1S(C)(=O)=O. The number of imide groups is 1. The Hall–Kier alpha value is -4.29. The van der Waals surface area contributed by atoms with Crippen molar-refractivity contribution in [2.45, 2.75) is 56.1 Å². The van der Waals surface area contributed by atoms with E-state index in [1.807, 2.05) is 19.1 Å². The number of fused-ring (bicyclic) bond motifs is 1. The number of hydrogen-bond donors (Lipinski definition) is 0. The minimum atomic E-state index is -3.70. The van der Waals surface area contributed by atoms with Gasteiger partial charge >= 0.3 is 0 Å². The molecule has 12 heteroatoms. The maximum Gasteiger partial charge on any atom is 0.261 e. The summed E-state index contributed by atoms with van der Waals surface area (Å²) >= 11 is 0. The molecule has 47 heavy (non-hydrogen) atoms. The topological polar surface area (TPSA) is 127 Å². The van der Waals surface area contributed by atoms with Gasteiger partial charge in [0, 0.05) is 12.8 Å². The Balaban J connectivity index is 1.33. The second-order valence-electron chi connectivity index (χ2n) is 11.5. The van der Waals surface area contributed by atoms with E-state index in [0.717, 1.165) is 11.8 Å². The largest absolute Gasteiger partial charge is 0.493 e. The normalized spacial score (nSPS) is 17.5. The molecule has 0 radical (unpaired) electrons. The van der Waals surface area contributed by atoms with Gasteiger partial charge in [-0.2, -0.15) is 0 Å². The lowest BCUT2D eigenvalue weighted by Gasteiger charge is -2.21. The summed E-state index contributed by atoms with van der Waals surface area (Å²) in [5, 5.41) is 0. The zero-order valence-corrected chi connectivity index (χ0v) is 28.2. The number of methoxy groups -OCH3 is 3. The second-order valence-corrected chi connectivity index (χ2v) is 13.5. The summed E-state index contributed by atoms with van der Waals surface area (Å²) in [5.41, 5.74) is 2.34. The zero-order chi connectivity index (χ0) is 33.7. The third-order valence-corrected chi connectivity index (χ3v) is 9.36. The van der Waals surface area contributed by atoms with Gasteiger partial charge in [0.1, 0.15) is 4.90 Å². The van der Waals surface area contributed by atoms with Crippen molar-refractivity contribution in [2.24, 2.45) is 0 Å². The number of unbranched alkanes of at least 4 members (excludes halogenated alkanes) is 1. The minimum absolute atomic E-state index is 0.0318. The van der Waals surface area contributed by atoms with Crippen molar-refractivity contribution in [3.63, 3.8) is 0 Å². The first-order valence-corrected chi connectivity index (χ1v) is 17.5. The van der Waals surface area contributed by atoms with Crippen molar-refractivity contribution >= 4 is 21.7 Å². The first kappa shape index (κ1) is 34.1. The number of ether oxygens (including phenoxy) is 6. The number of carbonyl (C=O) groups excluding carboxylic acids is 2. The summed E-state index contributed by atoms with van der Waals surface area (Å²) in [6.45, 7) is 2.71. The number of benzene rings is 3. The molecule has 2 aliphatic heterocycles. The first-order valence-electron chi connectivity index (χ1n) is 15.6. The Morgan fingerprint density at radius 1 is 0.766 bits per heavy atom. The maximum absolute atomic E-state index is 13.0. The van der Waals surface area contributed by atoms with Crippen LogP contribution in [0.3, 0.4) is 0 Å². The molecule has 2 aliphatic rings. The van der Waals surface area contributed by atoms with E-state index in [2.05, 4.69) is 0 Å². The summed E-state index contributed by atoms with van der Waals surface area (Å²) < 4.78 is 61.1. The molecule has 3 aromatic rings. The lowest BCUT2D eigenvalue weighted by molar-refractivity contribution is 0.0434. The smallest absolute Gasteiger partial charge is 0.261 e. The van der Waals surface area contributed by atoms with Crippen LogP contribution in [0.1, 0.15) is 83.1 Å². The van der Waals surface area contributed by atoms with Gasteiger partial charge in [-0.3, -0.25) is 14.5 Å². The van der Waals surface area contributed by atoms with Crippen molar-refractivity contribution in [1.29, 1.82) is 0 Å². The number of carbonyl (C=O) groups is 2. The molecule has 0 aromatic heterocycles. The number of hydrogen-bond acceptors (Lipinski definition) is 10. The van der Waals surface area contributed by atoms with Crippen LogP contribution in [-0.2, 0) is 14.6 Å². The van der Waals surface area contributed by atoms with Gasteiger partial charge in [-0.05, 0) is 79.6 Å². The van der Waals surface area contributed by atoms with Gasteiger partial charge in [-0.15, -0.1) is 0 Å². The third-order valence-electron chi connectivity index (χ3n) is 8.26. The molecular formula is C35H41NO10S. The lowest BCUT2D eigenvalue weighted by atomic mass is 10.0. The van der Waals surface area contributed by atoms with E-state index in [1.165, 1.54) is 4.90 Å². The van der Waals surface area contributed by atoms with Crippen LogP contribution in [0.4, 0.5) is 0 Å². The predicted octanol–water partition coefficient (Wildman–Crippen LogP) is 5.95. The summed E-state index contributed by atoms with van der Waals surface area (Å²) in [6, 6.07) is 13.9. The molecule has 0 aliphatic carbocycles. The molecule has 0 unspecified atom stereocenters. The summed E-state index contributed by atoms with van der Waals surface area (Å²) in [5.74, 6) is 1.39. The fourth-order valence-electron chi connectivity index (χ4n) is 5.92. The van der Waals surface area contributed by atoms with E-state index in [4.69, 9.17) is 28.4 Å². The van der Waals surface area contributed by atoms with E-state index in [1.54, 1.807) is 57.7 Å². The number of amides is 2. The fourth-order valence-corrected chi connectivity index (χ4v) is 6.77. The standard InChI is InChI=1S/C35H41NO10S/c1-6-16-45-33-30(44-17-10-9-15-36-34(37)24-11-7-8-12-25(24)35(36)38)20-23(21-31(33)47(5,39)40)27-14-13-26(46-27)22-18-28(41-2)32(43-4)29(19-22)42-3/h7-8,11-12,18-21,26-27H,6,9-10,13-17H2,1-5H3/t26-,27-/m1/s1. The van der Waals surface area contributed by atoms with Crippen molar-refractivity contribution in [1.82, 2.24) is 4.90 Å². The van der Waals surface area contributed by atoms with Gasteiger partial charge in [-0.1, -0.05) is 19.1 Å². The Bertz CT molecular complexity index is 1680. The summed E-state index contributed by atoms with van der Waals surface area (Å²) in [4.78, 5) is 26.7. The molecule has 1 saturated heterocycles. The van der Waals surface area contributed by atoms with Crippen LogP contribution in [0.2, 0.25) is 0 Å². The van der Waals surface area contributed by atoms with Crippen LogP contribution in [-0.4, -0.2) is 72.5 Å². The van der Waals surface area contributed by atoms with Crippen LogP contribution >= 0.6 is 0 Å². The molecule has 0 saturated carbocycles. The molecule has 2 heterocycles. The van der Waals surface area contributed by atoms with Crippen molar-refractivity contribution in [3.8, 4) is 28.7 Å². The second kappa shape index (κ2) is 14.6. The van der Waals surface area contributed by atoms with E-state index in [0.29, 0.717) is 78.4 Å². The molecule has 0 spiro atoms. The van der Waals surface area contributed by atoms with Gasteiger partial charge in [0.25, 0.3) is 11.8 Å². The van der Waals surface area contributed by atoms with E-state index >= 15 is 0 Å². The van der Waals surface area contributed by atoms with Crippen molar-refractivity contribution in [2.75, 3.05) is 47.3 Å². The van der Waals surface area contributed by atoms with Gasteiger partial charge in [-0.25, -0.2) is 8.42 Å². The van der Waals surface area contributed by atoms with Gasteiger partial charge in [0.2, 0.25) is 5.75 Å². The summed E-state index contributed by atoms with van der Waals surface area (Å²) in [7, 11) is 0.953. The Morgan fingerprint density at radius 3 is 1.87 bits per heavy atom. The molecule has 0 bridgehead atoms.